The average Bonchev–Trinajstić information content (AvgIpc) is 2.54. The summed E-state index contributed by atoms with van der Waals surface area (Å²) in [7, 11) is 0. The molecule has 0 aromatic heterocycles. The zero-order valence-corrected chi connectivity index (χ0v) is 14.5. The molecular weight excluding hydrogens is 272 g/mol. The lowest BCUT2D eigenvalue weighted by Gasteiger charge is -2.16. The van der Waals surface area contributed by atoms with E-state index < -0.39 is 0 Å². The second-order valence-corrected chi connectivity index (χ2v) is 6.34. The number of rotatable bonds is 13. The average molecular weight is 306 g/mol. The van der Waals surface area contributed by atoms with Crippen LogP contribution in [0.25, 0.3) is 0 Å². The Balaban J connectivity index is 2.07. The summed E-state index contributed by atoms with van der Waals surface area (Å²) in [6.45, 7) is 5.36. The first-order valence-corrected chi connectivity index (χ1v) is 9.18. The first-order chi connectivity index (χ1) is 10.8. The predicted octanol–water partition coefficient (Wildman–Crippen LogP) is 6.33. The summed E-state index contributed by atoms with van der Waals surface area (Å²) >= 11 is 0. The highest BCUT2D eigenvalue weighted by Gasteiger charge is 2.07. The van der Waals surface area contributed by atoms with Crippen molar-refractivity contribution in [3.63, 3.8) is 0 Å². The van der Waals surface area contributed by atoms with Gasteiger partial charge in [0, 0.05) is 0 Å². The molecule has 1 aromatic rings. The summed E-state index contributed by atoms with van der Waals surface area (Å²) in [6, 6.07) is 6.98. The van der Waals surface area contributed by atoms with E-state index in [0.29, 0.717) is 0 Å². The van der Waals surface area contributed by atoms with E-state index in [9.17, 15) is 5.11 Å². The van der Waals surface area contributed by atoms with Crippen molar-refractivity contribution in [1.29, 1.82) is 0 Å². The molecule has 0 aliphatic carbocycles. The van der Waals surface area contributed by atoms with Gasteiger partial charge in [-0.15, -0.1) is 0 Å². The van der Waals surface area contributed by atoms with Crippen LogP contribution in [0, 0.1) is 5.92 Å². The Hall–Kier alpha value is -1.18. The Morgan fingerprint density at radius 2 is 1.41 bits per heavy atom. The van der Waals surface area contributed by atoms with Gasteiger partial charge in [0.25, 0.3) is 0 Å². The molecule has 0 atom stereocenters. The molecule has 0 bridgehead atoms. The fourth-order valence-corrected chi connectivity index (χ4v) is 2.86. The van der Waals surface area contributed by atoms with Crippen LogP contribution in [0.1, 0.15) is 78.1 Å². The number of hydrogen-bond donors (Lipinski definition) is 1. The second kappa shape index (κ2) is 12.4. The van der Waals surface area contributed by atoms with Crippen LogP contribution in [0.5, 0.6) is 11.5 Å². The van der Waals surface area contributed by atoms with Gasteiger partial charge in [-0.05, 0) is 36.6 Å². The highest BCUT2D eigenvalue weighted by atomic mass is 16.5. The maximum Gasteiger partial charge on any atom is 0.119 e. The zero-order valence-electron chi connectivity index (χ0n) is 14.5. The molecule has 0 heterocycles. The lowest BCUT2D eigenvalue weighted by molar-refractivity contribution is 0.298. The topological polar surface area (TPSA) is 29.5 Å². The van der Waals surface area contributed by atoms with E-state index in [1.54, 1.807) is 12.1 Å². The smallest absolute Gasteiger partial charge is 0.119 e. The van der Waals surface area contributed by atoms with Crippen molar-refractivity contribution in [3.8, 4) is 11.5 Å². The van der Waals surface area contributed by atoms with Crippen molar-refractivity contribution in [2.24, 2.45) is 5.92 Å². The number of aromatic hydroxyl groups is 1. The van der Waals surface area contributed by atoms with Crippen molar-refractivity contribution in [2.45, 2.75) is 78.1 Å². The summed E-state index contributed by atoms with van der Waals surface area (Å²) < 4.78 is 5.69. The third kappa shape index (κ3) is 8.96. The third-order valence-corrected chi connectivity index (χ3v) is 4.29. The van der Waals surface area contributed by atoms with Crippen molar-refractivity contribution >= 4 is 0 Å². The monoisotopic (exact) mass is 306 g/mol. The normalized spacial score (nSPS) is 11.0. The number of phenols is 1. The van der Waals surface area contributed by atoms with Crippen LogP contribution in [-0.4, -0.2) is 11.7 Å². The Bertz CT molecular complexity index is 350. The molecule has 0 spiro atoms. The minimum absolute atomic E-state index is 0.289. The second-order valence-electron chi connectivity index (χ2n) is 6.34. The minimum Gasteiger partial charge on any atom is -0.508 e. The van der Waals surface area contributed by atoms with E-state index in [0.717, 1.165) is 24.7 Å². The molecule has 0 aliphatic heterocycles. The van der Waals surface area contributed by atoms with Crippen molar-refractivity contribution < 1.29 is 9.84 Å². The van der Waals surface area contributed by atoms with Crippen LogP contribution in [-0.2, 0) is 0 Å². The van der Waals surface area contributed by atoms with Gasteiger partial charge in [0.1, 0.15) is 11.5 Å². The first kappa shape index (κ1) is 18.9. The van der Waals surface area contributed by atoms with E-state index in [-0.39, 0.29) is 5.75 Å². The van der Waals surface area contributed by atoms with Crippen LogP contribution >= 0.6 is 0 Å². The van der Waals surface area contributed by atoms with E-state index in [4.69, 9.17) is 4.74 Å². The molecule has 0 radical (unpaired) electrons. The van der Waals surface area contributed by atoms with Gasteiger partial charge in [0.2, 0.25) is 0 Å². The van der Waals surface area contributed by atoms with E-state index in [1.807, 2.05) is 12.1 Å². The minimum atomic E-state index is 0.289. The lowest BCUT2D eigenvalue weighted by atomic mass is 9.91. The van der Waals surface area contributed by atoms with Crippen LogP contribution < -0.4 is 4.74 Å². The highest BCUT2D eigenvalue weighted by molar-refractivity contribution is 5.29. The van der Waals surface area contributed by atoms with E-state index >= 15 is 0 Å². The molecule has 0 saturated heterocycles. The standard InChI is InChI=1S/C20H34O2/c1-3-5-10-18(11-6-4-2)12-8-7-9-17-22-20-15-13-19(21)14-16-20/h13-16,18,21H,3-12,17H2,1-2H3. The van der Waals surface area contributed by atoms with Crippen molar-refractivity contribution in [3.05, 3.63) is 24.3 Å². The number of unbranched alkanes of at least 4 members (excludes halogenated alkanes) is 4. The maximum atomic E-state index is 9.22. The molecular formula is C20H34O2. The molecule has 126 valence electrons. The molecule has 1 rings (SSSR count). The summed E-state index contributed by atoms with van der Waals surface area (Å²) in [5, 5.41) is 9.22. The SMILES string of the molecule is CCCCC(CCCC)CCCCCOc1ccc(O)cc1. The van der Waals surface area contributed by atoms with Gasteiger partial charge in [0.15, 0.2) is 0 Å². The van der Waals surface area contributed by atoms with Crippen molar-refractivity contribution in [1.82, 2.24) is 0 Å². The summed E-state index contributed by atoms with van der Waals surface area (Å²) in [5.41, 5.74) is 0. The molecule has 0 saturated carbocycles. The molecule has 1 aromatic carbocycles. The molecule has 2 heteroatoms. The van der Waals surface area contributed by atoms with Gasteiger partial charge in [0.05, 0.1) is 6.61 Å². The molecule has 0 amide bonds. The Morgan fingerprint density at radius 1 is 0.818 bits per heavy atom. The number of hydrogen-bond acceptors (Lipinski definition) is 2. The molecule has 1 N–H and O–H groups in total. The van der Waals surface area contributed by atoms with Gasteiger partial charge in [-0.3, -0.25) is 0 Å². The van der Waals surface area contributed by atoms with Crippen LogP contribution in [0.3, 0.4) is 0 Å². The number of phenolic OH excluding ortho intramolecular Hbond substituents is 1. The van der Waals surface area contributed by atoms with Gasteiger partial charge >= 0.3 is 0 Å². The summed E-state index contributed by atoms with van der Waals surface area (Å²) in [6.07, 6.45) is 13.3. The predicted molar refractivity (Wildman–Crippen MR) is 94.6 cm³/mol. The Kier molecular flexibility index (Phi) is 10.6. The van der Waals surface area contributed by atoms with Gasteiger partial charge < -0.3 is 9.84 Å². The van der Waals surface area contributed by atoms with Crippen LogP contribution in [0.4, 0.5) is 0 Å². The summed E-state index contributed by atoms with van der Waals surface area (Å²) in [4.78, 5) is 0. The van der Waals surface area contributed by atoms with Crippen LogP contribution in [0.15, 0.2) is 24.3 Å². The largest absolute Gasteiger partial charge is 0.508 e. The third-order valence-electron chi connectivity index (χ3n) is 4.29. The van der Waals surface area contributed by atoms with E-state index in [2.05, 4.69) is 13.8 Å². The lowest BCUT2D eigenvalue weighted by Crippen LogP contribution is -2.02. The highest BCUT2D eigenvalue weighted by Crippen LogP contribution is 2.22. The van der Waals surface area contributed by atoms with Gasteiger partial charge in [-0.1, -0.05) is 71.6 Å². The quantitative estimate of drug-likeness (QED) is 0.432. The Morgan fingerprint density at radius 3 is 2.00 bits per heavy atom. The van der Waals surface area contributed by atoms with E-state index in [1.165, 1.54) is 57.8 Å². The van der Waals surface area contributed by atoms with Crippen molar-refractivity contribution in [2.75, 3.05) is 6.61 Å². The summed E-state index contributed by atoms with van der Waals surface area (Å²) in [5.74, 6) is 2.08. The Labute approximate surface area is 136 Å². The van der Waals surface area contributed by atoms with Crippen LogP contribution in [0.2, 0.25) is 0 Å². The fraction of sp³-hybridized carbons (Fsp3) is 0.700. The molecule has 0 fully saturated rings. The molecule has 0 unspecified atom stereocenters. The van der Waals surface area contributed by atoms with Gasteiger partial charge in [-0.2, -0.15) is 0 Å². The van der Waals surface area contributed by atoms with Gasteiger partial charge in [-0.25, -0.2) is 0 Å². The fourth-order valence-electron chi connectivity index (χ4n) is 2.86. The molecule has 22 heavy (non-hydrogen) atoms. The maximum absolute atomic E-state index is 9.22. The zero-order chi connectivity index (χ0) is 16.0. The molecule has 0 aliphatic rings. The number of ether oxygens (including phenoxy) is 1. The molecule has 2 nitrogen and oxygen atoms in total. The number of benzene rings is 1. The first-order valence-electron chi connectivity index (χ1n) is 9.18.